The van der Waals surface area contributed by atoms with Gasteiger partial charge in [-0.15, -0.1) is 10.2 Å². The SMILES string of the molecule is CC1CCN([C@@H](CNC(=O)N[C@@H](C)c2nncn2C)C(C)C)CC1. The Balaban J connectivity index is 1.83. The lowest BCUT2D eigenvalue weighted by atomic mass is 9.94. The van der Waals surface area contributed by atoms with Gasteiger partial charge in [0.05, 0.1) is 6.04 Å². The zero-order chi connectivity index (χ0) is 17.7. The molecule has 2 atom stereocenters. The van der Waals surface area contributed by atoms with E-state index in [1.807, 2.05) is 18.5 Å². The molecule has 1 saturated heterocycles. The molecule has 0 spiro atoms. The van der Waals surface area contributed by atoms with E-state index in [1.165, 1.54) is 12.8 Å². The highest BCUT2D eigenvalue weighted by Gasteiger charge is 2.26. The van der Waals surface area contributed by atoms with E-state index in [0.717, 1.165) is 24.8 Å². The number of urea groups is 1. The van der Waals surface area contributed by atoms with Crippen molar-refractivity contribution in [1.29, 1.82) is 0 Å². The second kappa shape index (κ2) is 8.46. The molecule has 0 aromatic carbocycles. The molecule has 24 heavy (non-hydrogen) atoms. The van der Waals surface area contributed by atoms with Crippen LogP contribution < -0.4 is 10.6 Å². The minimum absolute atomic E-state index is 0.151. The van der Waals surface area contributed by atoms with E-state index < -0.39 is 0 Å². The van der Waals surface area contributed by atoms with Gasteiger partial charge < -0.3 is 15.2 Å². The molecule has 2 amide bonds. The van der Waals surface area contributed by atoms with E-state index in [4.69, 9.17) is 0 Å². The highest BCUT2D eigenvalue weighted by molar-refractivity contribution is 5.74. The first kappa shape index (κ1) is 18.7. The molecule has 1 aromatic rings. The Labute approximate surface area is 145 Å². The lowest BCUT2D eigenvalue weighted by Crippen LogP contribution is -2.51. The van der Waals surface area contributed by atoms with Crippen molar-refractivity contribution in [2.75, 3.05) is 19.6 Å². The van der Waals surface area contributed by atoms with Gasteiger partial charge in [0.15, 0.2) is 5.82 Å². The molecule has 1 aromatic heterocycles. The predicted octanol–water partition coefficient (Wildman–Crippen LogP) is 1.93. The van der Waals surface area contributed by atoms with Crippen molar-refractivity contribution in [2.45, 2.75) is 52.6 Å². The first-order valence-corrected chi connectivity index (χ1v) is 9.00. The molecule has 1 aliphatic heterocycles. The van der Waals surface area contributed by atoms with Crippen LogP contribution in [0.15, 0.2) is 6.33 Å². The van der Waals surface area contributed by atoms with E-state index in [2.05, 4.69) is 46.5 Å². The molecule has 1 aliphatic rings. The number of nitrogens with zero attached hydrogens (tertiary/aromatic N) is 4. The van der Waals surface area contributed by atoms with E-state index in [-0.39, 0.29) is 12.1 Å². The third-order valence-electron chi connectivity index (χ3n) is 5.01. The standard InChI is InChI=1S/C17H32N6O/c1-12(2)15(23-8-6-13(3)7-9-23)10-18-17(24)20-14(4)16-21-19-11-22(16)5/h11-15H,6-10H2,1-5H3,(H2,18,20,24)/t14-,15-/m0/s1. The van der Waals surface area contributed by atoms with Crippen LogP contribution in [0.5, 0.6) is 0 Å². The summed E-state index contributed by atoms with van der Waals surface area (Å²) in [5.41, 5.74) is 0. The zero-order valence-corrected chi connectivity index (χ0v) is 15.6. The van der Waals surface area contributed by atoms with Crippen molar-refractivity contribution in [1.82, 2.24) is 30.3 Å². The molecule has 1 fully saturated rings. The average Bonchev–Trinajstić information content (AvgIpc) is 2.95. The second-order valence-electron chi connectivity index (χ2n) is 7.41. The van der Waals surface area contributed by atoms with Crippen molar-refractivity contribution in [3.63, 3.8) is 0 Å². The Morgan fingerprint density at radius 2 is 2.00 bits per heavy atom. The Morgan fingerprint density at radius 3 is 2.54 bits per heavy atom. The van der Waals surface area contributed by atoms with Crippen LogP contribution in [0.4, 0.5) is 4.79 Å². The van der Waals surface area contributed by atoms with Crippen LogP contribution in [-0.2, 0) is 7.05 Å². The van der Waals surface area contributed by atoms with Crippen molar-refractivity contribution < 1.29 is 4.79 Å². The summed E-state index contributed by atoms with van der Waals surface area (Å²) in [4.78, 5) is 14.7. The van der Waals surface area contributed by atoms with Gasteiger partial charge in [0.25, 0.3) is 0 Å². The first-order chi connectivity index (χ1) is 11.4. The number of hydrogen-bond acceptors (Lipinski definition) is 4. The number of carbonyl (C=O) groups is 1. The van der Waals surface area contributed by atoms with Gasteiger partial charge in [0, 0.05) is 19.6 Å². The second-order valence-corrected chi connectivity index (χ2v) is 7.41. The summed E-state index contributed by atoms with van der Waals surface area (Å²) in [6, 6.07) is 0.0562. The third-order valence-corrected chi connectivity index (χ3v) is 5.01. The highest BCUT2D eigenvalue weighted by Crippen LogP contribution is 2.21. The fourth-order valence-corrected chi connectivity index (χ4v) is 3.34. The lowest BCUT2D eigenvalue weighted by molar-refractivity contribution is 0.108. The van der Waals surface area contributed by atoms with Crippen molar-refractivity contribution >= 4 is 6.03 Å². The molecule has 0 aliphatic carbocycles. The van der Waals surface area contributed by atoms with Crippen LogP contribution in [0.2, 0.25) is 0 Å². The van der Waals surface area contributed by atoms with E-state index in [1.54, 1.807) is 6.33 Å². The Morgan fingerprint density at radius 1 is 1.33 bits per heavy atom. The summed E-state index contributed by atoms with van der Waals surface area (Å²) in [5, 5.41) is 13.9. The van der Waals surface area contributed by atoms with Gasteiger partial charge >= 0.3 is 6.03 Å². The summed E-state index contributed by atoms with van der Waals surface area (Å²) in [6.45, 7) is 11.6. The average molecular weight is 336 g/mol. The van der Waals surface area contributed by atoms with E-state index in [0.29, 0.717) is 18.5 Å². The fraction of sp³-hybridized carbons (Fsp3) is 0.824. The Kier molecular flexibility index (Phi) is 6.60. The number of rotatable bonds is 6. The van der Waals surface area contributed by atoms with Crippen LogP contribution in [0, 0.1) is 11.8 Å². The number of piperidine rings is 1. The molecule has 0 saturated carbocycles. The van der Waals surface area contributed by atoms with Crippen LogP contribution in [0.25, 0.3) is 0 Å². The molecule has 136 valence electrons. The number of aromatic nitrogens is 3. The normalized spacial score (nSPS) is 19.2. The topological polar surface area (TPSA) is 75.1 Å². The van der Waals surface area contributed by atoms with E-state index in [9.17, 15) is 4.79 Å². The summed E-state index contributed by atoms with van der Waals surface area (Å²) in [7, 11) is 1.87. The van der Waals surface area contributed by atoms with Gasteiger partial charge in [-0.1, -0.05) is 20.8 Å². The monoisotopic (exact) mass is 336 g/mol. The molecule has 0 unspecified atom stereocenters. The zero-order valence-electron chi connectivity index (χ0n) is 15.6. The van der Waals surface area contributed by atoms with Gasteiger partial charge in [-0.3, -0.25) is 4.90 Å². The number of nitrogens with one attached hydrogen (secondary N) is 2. The maximum Gasteiger partial charge on any atom is 0.315 e. The third kappa shape index (κ3) is 4.93. The van der Waals surface area contributed by atoms with Crippen molar-refractivity contribution in [3.8, 4) is 0 Å². The van der Waals surface area contributed by atoms with Crippen LogP contribution in [0.1, 0.15) is 52.4 Å². The number of amides is 2. The van der Waals surface area contributed by atoms with Gasteiger partial charge in [-0.2, -0.15) is 0 Å². The van der Waals surface area contributed by atoms with Gasteiger partial charge in [-0.05, 0) is 44.7 Å². The van der Waals surface area contributed by atoms with Gasteiger partial charge in [0.2, 0.25) is 0 Å². The van der Waals surface area contributed by atoms with E-state index >= 15 is 0 Å². The van der Waals surface area contributed by atoms with Crippen molar-refractivity contribution in [2.24, 2.45) is 18.9 Å². The molecule has 7 nitrogen and oxygen atoms in total. The first-order valence-electron chi connectivity index (χ1n) is 9.00. The summed E-state index contributed by atoms with van der Waals surface area (Å²) < 4.78 is 1.82. The highest BCUT2D eigenvalue weighted by atomic mass is 16.2. The van der Waals surface area contributed by atoms with Crippen LogP contribution in [0.3, 0.4) is 0 Å². The van der Waals surface area contributed by atoms with Crippen molar-refractivity contribution in [3.05, 3.63) is 12.2 Å². The molecular formula is C17H32N6O. The molecule has 2 heterocycles. The lowest BCUT2D eigenvalue weighted by Gasteiger charge is -2.38. The molecule has 2 rings (SSSR count). The fourth-order valence-electron chi connectivity index (χ4n) is 3.34. The maximum atomic E-state index is 12.2. The van der Waals surface area contributed by atoms with Gasteiger partial charge in [-0.25, -0.2) is 4.79 Å². The number of carbonyl (C=O) groups excluding carboxylic acids is 1. The smallest absolute Gasteiger partial charge is 0.315 e. The minimum Gasteiger partial charge on any atom is -0.337 e. The number of aryl methyl sites for hydroxylation is 1. The summed E-state index contributed by atoms with van der Waals surface area (Å²) in [5.74, 6) is 2.07. The minimum atomic E-state index is -0.175. The Bertz CT molecular complexity index is 521. The Hall–Kier alpha value is -1.63. The summed E-state index contributed by atoms with van der Waals surface area (Å²) in [6.07, 6.45) is 4.13. The molecule has 2 N–H and O–H groups in total. The number of hydrogen-bond donors (Lipinski definition) is 2. The molecule has 0 bridgehead atoms. The van der Waals surface area contributed by atoms with Gasteiger partial charge in [0.1, 0.15) is 6.33 Å². The quantitative estimate of drug-likeness (QED) is 0.832. The number of likely N-dealkylation sites (tertiary alicyclic amines) is 1. The largest absolute Gasteiger partial charge is 0.337 e. The molecule has 0 radical (unpaired) electrons. The van der Waals surface area contributed by atoms with Crippen LogP contribution >= 0.6 is 0 Å². The predicted molar refractivity (Wildman–Crippen MR) is 94.5 cm³/mol. The summed E-state index contributed by atoms with van der Waals surface area (Å²) >= 11 is 0. The molecular weight excluding hydrogens is 304 g/mol. The maximum absolute atomic E-state index is 12.2. The van der Waals surface area contributed by atoms with Crippen LogP contribution in [-0.4, -0.2) is 51.4 Å². The molecule has 7 heteroatoms.